The van der Waals surface area contributed by atoms with E-state index in [9.17, 15) is 4.79 Å². The quantitative estimate of drug-likeness (QED) is 0.697. The maximum Gasteiger partial charge on any atom is 0.253 e. The number of aromatic nitrogens is 5. The Morgan fingerprint density at radius 3 is 2.67 bits per heavy atom. The highest BCUT2D eigenvalue weighted by molar-refractivity contribution is 5.80. The van der Waals surface area contributed by atoms with Crippen LogP contribution in [0.15, 0.2) is 29.1 Å². The fraction of sp³-hybridized carbons (Fsp3) is 0.545. The Morgan fingerprint density at radius 1 is 1.10 bits per heavy atom. The molecule has 3 heterocycles. The van der Waals surface area contributed by atoms with Crippen molar-refractivity contribution in [1.82, 2.24) is 30.1 Å². The number of H-pyrrole nitrogens is 1. The van der Waals surface area contributed by atoms with Crippen molar-refractivity contribution in [2.24, 2.45) is 0 Å². The predicted molar refractivity (Wildman–Crippen MR) is 114 cm³/mol. The molecule has 30 heavy (non-hydrogen) atoms. The van der Waals surface area contributed by atoms with Gasteiger partial charge in [0.05, 0.1) is 18.7 Å². The van der Waals surface area contributed by atoms with E-state index in [1.54, 1.807) is 7.11 Å². The number of benzene rings is 1. The smallest absolute Gasteiger partial charge is 0.253 e. The van der Waals surface area contributed by atoms with Crippen molar-refractivity contribution in [3.63, 3.8) is 0 Å². The zero-order chi connectivity index (χ0) is 20.5. The number of fused-ring (bicyclic) bond motifs is 1. The van der Waals surface area contributed by atoms with Gasteiger partial charge in [-0.25, -0.2) is 4.68 Å². The molecule has 8 nitrogen and oxygen atoms in total. The standard InChI is InChI=1S/C22H28N6O2/c1-30-17-10-9-15-13-18(22(29)23-19(15)14-17)20(27-11-5-6-12-27)21-24-25-26-28(21)16-7-3-2-4-8-16/h9-10,13-14,16,20H,2-8,11-12H2,1H3,(H,23,29)/t20-/m1/s1. The van der Waals surface area contributed by atoms with Crippen molar-refractivity contribution in [1.29, 1.82) is 0 Å². The number of tetrazole rings is 1. The number of rotatable bonds is 5. The van der Waals surface area contributed by atoms with Crippen LogP contribution >= 0.6 is 0 Å². The SMILES string of the molecule is COc1ccc2cc([C@H](c3nnnn3C3CCCCC3)N3CCCC3)c(=O)[nH]c2c1. The summed E-state index contributed by atoms with van der Waals surface area (Å²) in [5.41, 5.74) is 1.39. The first-order chi connectivity index (χ1) is 14.7. The van der Waals surface area contributed by atoms with Crippen LogP contribution in [-0.4, -0.2) is 50.3 Å². The molecule has 2 aromatic heterocycles. The predicted octanol–water partition coefficient (Wildman–Crippen LogP) is 3.21. The summed E-state index contributed by atoms with van der Waals surface area (Å²) in [6, 6.07) is 7.84. The number of ether oxygens (including phenoxy) is 1. The van der Waals surface area contributed by atoms with Gasteiger partial charge in [0.2, 0.25) is 0 Å². The van der Waals surface area contributed by atoms with Crippen LogP contribution in [0.2, 0.25) is 0 Å². The van der Waals surface area contributed by atoms with Gasteiger partial charge in [-0.15, -0.1) is 5.10 Å². The second-order valence-electron chi connectivity index (χ2n) is 8.43. The maximum absolute atomic E-state index is 13.2. The molecule has 3 aromatic rings. The molecule has 158 valence electrons. The lowest BCUT2D eigenvalue weighted by Crippen LogP contribution is -2.34. The van der Waals surface area contributed by atoms with Crippen molar-refractivity contribution in [3.8, 4) is 5.75 Å². The van der Waals surface area contributed by atoms with Gasteiger partial charge in [-0.05, 0) is 72.8 Å². The zero-order valence-electron chi connectivity index (χ0n) is 17.4. The minimum Gasteiger partial charge on any atom is -0.497 e. The van der Waals surface area contributed by atoms with E-state index < -0.39 is 0 Å². The lowest BCUT2D eigenvalue weighted by molar-refractivity contribution is 0.243. The summed E-state index contributed by atoms with van der Waals surface area (Å²) in [5.74, 6) is 1.52. The van der Waals surface area contributed by atoms with E-state index in [4.69, 9.17) is 4.74 Å². The van der Waals surface area contributed by atoms with E-state index in [0.29, 0.717) is 11.6 Å². The second-order valence-corrected chi connectivity index (χ2v) is 8.43. The number of methoxy groups -OCH3 is 1. The summed E-state index contributed by atoms with van der Waals surface area (Å²) in [5, 5.41) is 13.8. The summed E-state index contributed by atoms with van der Waals surface area (Å²) in [4.78, 5) is 18.6. The number of hydrogen-bond donors (Lipinski definition) is 1. The Balaban J connectivity index is 1.62. The molecule has 1 saturated carbocycles. The number of likely N-dealkylation sites (tertiary alicyclic amines) is 1. The molecule has 2 fully saturated rings. The monoisotopic (exact) mass is 408 g/mol. The molecule has 1 atom stereocenters. The van der Waals surface area contributed by atoms with Gasteiger partial charge in [-0.1, -0.05) is 19.3 Å². The van der Waals surface area contributed by atoms with Crippen molar-refractivity contribution in [3.05, 3.63) is 46.0 Å². The highest BCUT2D eigenvalue weighted by Gasteiger charge is 2.33. The molecule has 5 rings (SSSR count). The van der Waals surface area contributed by atoms with Crippen molar-refractivity contribution in [2.75, 3.05) is 20.2 Å². The molecule has 0 unspecified atom stereocenters. The van der Waals surface area contributed by atoms with E-state index in [2.05, 4.69) is 25.4 Å². The number of nitrogens with one attached hydrogen (secondary N) is 1. The molecule has 2 aliphatic rings. The first kappa shape index (κ1) is 19.2. The average molecular weight is 409 g/mol. The van der Waals surface area contributed by atoms with Gasteiger partial charge in [0.1, 0.15) is 11.8 Å². The van der Waals surface area contributed by atoms with Crippen LogP contribution in [0, 0.1) is 0 Å². The Kier molecular flexibility index (Phi) is 5.25. The molecule has 1 aromatic carbocycles. The van der Waals surface area contributed by atoms with Gasteiger partial charge in [-0.2, -0.15) is 0 Å². The highest BCUT2D eigenvalue weighted by atomic mass is 16.5. The Morgan fingerprint density at radius 2 is 1.90 bits per heavy atom. The van der Waals surface area contributed by atoms with E-state index in [1.807, 2.05) is 28.9 Å². The third-order valence-corrected chi connectivity index (χ3v) is 6.57. The maximum atomic E-state index is 13.2. The molecule has 0 radical (unpaired) electrons. The summed E-state index contributed by atoms with van der Waals surface area (Å²) >= 11 is 0. The van der Waals surface area contributed by atoms with Crippen LogP contribution in [-0.2, 0) is 0 Å². The van der Waals surface area contributed by atoms with Crippen LogP contribution in [0.4, 0.5) is 0 Å². The molecule has 1 aliphatic carbocycles. The fourth-order valence-electron chi connectivity index (χ4n) is 4.99. The summed E-state index contributed by atoms with van der Waals surface area (Å²) in [6.07, 6.45) is 8.14. The van der Waals surface area contributed by atoms with Crippen LogP contribution in [0.1, 0.15) is 68.4 Å². The molecular weight excluding hydrogens is 380 g/mol. The van der Waals surface area contributed by atoms with Crippen LogP contribution < -0.4 is 10.3 Å². The first-order valence-electron chi connectivity index (χ1n) is 11.0. The topological polar surface area (TPSA) is 88.9 Å². The van der Waals surface area contributed by atoms with Crippen LogP contribution in [0.3, 0.4) is 0 Å². The van der Waals surface area contributed by atoms with E-state index >= 15 is 0 Å². The number of hydrogen-bond acceptors (Lipinski definition) is 6. The van der Waals surface area contributed by atoms with Crippen LogP contribution in [0.5, 0.6) is 5.75 Å². The van der Waals surface area contributed by atoms with Gasteiger partial charge >= 0.3 is 0 Å². The largest absolute Gasteiger partial charge is 0.497 e. The third-order valence-electron chi connectivity index (χ3n) is 6.57. The van der Waals surface area contributed by atoms with Crippen molar-refractivity contribution >= 4 is 10.9 Å². The normalized spacial score (nSPS) is 19.4. The zero-order valence-corrected chi connectivity index (χ0v) is 17.4. The van der Waals surface area contributed by atoms with Gasteiger partial charge in [0, 0.05) is 11.6 Å². The number of pyridine rings is 1. The van der Waals surface area contributed by atoms with Crippen LogP contribution in [0.25, 0.3) is 10.9 Å². The third kappa shape index (κ3) is 3.49. The summed E-state index contributed by atoms with van der Waals surface area (Å²) in [7, 11) is 1.63. The number of aromatic amines is 1. The molecule has 0 spiro atoms. The average Bonchev–Trinajstić information content (AvgIpc) is 3.47. The first-order valence-corrected chi connectivity index (χ1v) is 11.0. The highest BCUT2D eigenvalue weighted by Crippen LogP contribution is 2.34. The van der Waals surface area contributed by atoms with Gasteiger partial charge in [0.25, 0.3) is 5.56 Å². The Labute approximate surface area is 175 Å². The molecule has 1 N–H and O–H groups in total. The Hall–Kier alpha value is -2.74. The fourth-order valence-corrected chi connectivity index (χ4v) is 4.99. The molecule has 1 saturated heterocycles. The lowest BCUT2D eigenvalue weighted by atomic mass is 9.95. The number of nitrogens with zero attached hydrogens (tertiary/aromatic N) is 5. The van der Waals surface area contributed by atoms with E-state index in [1.165, 1.54) is 19.3 Å². The minimum atomic E-state index is -0.236. The molecule has 0 amide bonds. The van der Waals surface area contributed by atoms with Gasteiger partial charge < -0.3 is 9.72 Å². The van der Waals surface area contributed by atoms with Crippen molar-refractivity contribution in [2.45, 2.75) is 57.0 Å². The summed E-state index contributed by atoms with van der Waals surface area (Å²) in [6.45, 7) is 1.89. The minimum absolute atomic E-state index is 0.0918. The molecule has 0 bridgehead atoms. The Bertz CT molecular complexity index is 1080. The lowest BCUT2D eigenvalue weighted by Gasteiger charge is -2.29. The molecular formula is C22H28N6O2. The summed E-state index contributed by atoms with van der Waals surface area (Å²) < 4.78 is 7.30. The van der Waals surface area contributed by atoms with E-state index in [0.717, 1.165) is 61.2 Å². The van der Waals surface area contributed by atoms with Crippen molar-refractivity contribution < 1.29 is 4.74 Å². The van der Waals surface area contributed by atoms with Gasteiger partial charge in [-0.3, -0.25) is 9.69 Å². The second kappa shape index (κ2) is 8.18. The molecule has 1 aliphatic heterocycles. The molecule has 8 heteroatoms. The van der Waals surface area contributed by atoms with Gasteiger partial charge in [0.15, 0.2) is 5.82 Å². The van der Waals surface area contributed by atoms with E-state index in [-0.39, 0.29) is 11.6 Å².